The molecule has 1 aromatic carbocycles. The lowest BCUT2D eigenvalue weighted by Gasteiger charge is -2.08. The van der Waals surface area contributed by atoms with E-state index >= 15 is 0 Å². The Morgan fingerprint density at radius 3 is 2.94 bits per heavy atom. The van der Waals surface area contributed by atoms with E-state index in [2.05, 4.69) is 5.10 Å². The maximum Gasteiger partial charge on any atom is 0.120 e. The Morgan fingerprint density at radius 2 is 2.29 bits per heavy atom. The summed E-state index contributed by atoms with van der Waals surface area (Å²) in [6, 6.07) is 7.48. The molecule has 4 nitrogen and oxygen atoms in total. The molecule has 0 aliphatic heterocycles. The van der Waals surface area contributed by atoms with Gasteiger partial charge in [0, 0.05) is 18.8 Å². The Balaban J connectivity index is 2.01. The van der Waals surface area contributed by atoms with Crippen molar-refractivity contribution in [2.24, 2.45) is 7.05 Å². The van der Waals surface area contributed by atoms with E-state index in [1.165, 1.54) is 0 Å². The Bertz CT molecular complexity index is 492. The maximum absolute atomic E-state index is 9.47. The molecule has 1 heterocycles. The summed E-state index contributed by atoms with van der Waals surface area (Å²) in [5.41, 5.74) is 1.88. The summed E-state index contributed by atoms with van der Waals surface area (Å²) in [5, 5.41) is 13.5. The molecule has 1 atom stereocenters. The van der Waals surface area contributed by atoms with Gasteiger partial charge in [-0.1, -0.05) is 12.1 Å². The summed E-state index contributed by atoms with van der Waals surface area (Å²) < 4.78 is 7.37. The normalized spacial score (nSPS) is 12.4. The molecule has 0 radical (unpaired) electrons. The molecule has 0 unspecified atom stereocenters. The molecule has 2 aromatic rings. The minimum Gasteiger partial charge on any atom is -0.489 e. The van der Waals surface area contributed by atoms with Crippen LogP contribution in [0.5, 0.6) is 5.75 Å². The van der Waals surface area contributed by atoms with Gasteiger partial charge in [-0.05, 0) is 24.6 Å². The quantitative estimate of drug-likeness (QED) is 0.877. The Hall–Kier alpha value is -1.81. The molecule has 0 bridgehead atoms. The Morgan fingerprint density at radius 1 is 1.47 bits per heavy atom. The first-order valence-electron chi connectivity index (χ1n) is 5.53. The van der Waals surface area contributed by atoms with Crippen molar-refractivity contribution in [1.29, 1.82) is 0 Å². The molecule has 0 saturated heterocycles. The second-order valence-corrected chi connectivity index (χ2v) is 4.06. The lowest BCUT2D eigenvalue weighted by molar-refractivity contribution is 0.198. The summed E-state index contributed by atoms with van der Waals surface area (Å²) in [6.45, 7) is 2.22. The maximum atomic E-state index is 9.47. The number of nitrogens with zero attached hydrogens (tertiary/aromatic N) is 2. The predicted octanol–water partition coefficient (Wildman–Crippen LogP) is 2.05. The van der Waals surface area contributed by atoms with Crippen molar-refractivity contribution in [2.45, 2.75) is 19.6 Å². The van der Waals surface area contributed by atoms with Crippen molar-refractivity contribution < 1.29 is 9.84 Å². The number of aryl methyl sites for hydroxylation is 1. The van der Waals surface area contributed by atoms with Crippen LogP contribution in [0.15, 0.2) is 36.7 Å². The molecule has 2 rings (SSSR count). The average Bonchev–Trinajstić information content (AvgIpc) is 2.73. The molecule has 90 valence electrons. The highest BCUT2D eigenvalue weighted by Gasteiger charge is 2.03. The standard InChI is InChI=1S/C13H16N2O2/c1-10(16)12-4-3-5-13(6-12)17-9-11-7-14-15(2)8-11/h3-8,10,16H,9H2,1-2H3/t10-/m0/s1. The van der Waals surface area contributed by atoms with Crippen molar-refractivity contribution in [3.8, 4) is 5.75 Å². The van der Waals surface area contributed by atoms with Crippen molar-refractivity contribution in [3.63, 3.8) is 0 Å². The van der Waals surface area contributed by atoms with E-state index in [1.54, 1.807) is 17.8 Å². The SMILES string of the molecule is C[C@H](O)c1cccc(OCc2cnn(C)c2)c1. The topological polar surface area (TPSA) is 47.3 Å². The molecule has 0 aliphatic rings. The fraction of sp³-hybridized carbons (Fsp3) is 0.308. The van der Waals surface area contributed by atoms with Crippen molar-refractivity contribution in [2.75, 3.05) is 0 Å². The van der Waals surface area contributed by atoms with E-state index in [1.807, 2.05) is 37.5 Å². The smallest absolute Gasteiger partial charge is 0.120 e. The number of aliphatic hydroxyl groups is 1. The van der Waals surface area contributed by atoms with Crippen LogP contribution < -0.4 is 4.74 Å². The van der Waals surface area contributed by atoms with Gasteiger partial charge in [-0.25, -0.2) is 0 Å². The van der Waals surface area contributed by atoms with Gasteiger partial charge in [0.05, 0.1) is 12.3 Å². The van der Waals surface area contributed by atoms with Crippen LogP contribution in [0, 0.1) is 0 Å². The Kier molecular flexibility index (Phi) is 3.44. The molecule has 1 N–H and O–H groups in total. The molecule has 4 heteroatoms. The van der Waals surface area contributed by atoms with Crippen molar-refractivity contribution in [3.05, 3.63) is 47.8 Å². The molecule has 17 heavy (non-hydrogen) atoms. The minimum absolute atomic E-state index is 0.475. The van der Waals surface area contributed by atoms with Gasteiger partial charge >= 0.3 is 0 Å². The van der Waals surface area contributed by atoms with Crippen LogP contribution in [-0.4, -0.2) is 14.9 Å². The summed E-state index contributed by atoms with van der Waals surface area (Å²) in [4.78, 5) is 0. The average molecular weight is 232 g/mol. The van der Waals surface area contributed by atoms with Gasteiger partial charge in [0.25, 0.3) is 0 Å². The molecular formula is C13H16N2O2. The van der Waals surface area contributed by atoms with Gasteiger partial charge in [-0.2, -0.15) is 5.10 Å². The van der Waals surface area contributed by atoms with E-state index in [4.69, 9.17) is 4.74 Å². The highest BCUT2D eigenvalue weighted by atomic mass is 16.5. The van der Waals surface area contributed by atoms with E-state index in [0.29, 0.717) is 6.61 Å². The second-order valence-electron chi connectivity index (χ2n) is 4.06. The van der Waals surface area contributed by atoms with E-state index in [0.717, 1.165) is 16.9 Å². The Labute approximate surface area is 100 Å². The molecule has 0 spiro atoms. The van der Waals surface area contributed by atoms with Gasteiger partial charge in [0.1, 0.15) is 12.4 Å². The number of rotatable bonds is 4. The zero-order valence-corrected chi connectivity index (χ0v) is 10.00. The second kappa shape index (κ2) is 5.01. The number of hydrogen-bond acceptors (Lipinski definition) is 3. The predicted molar refractivity (Wildman–Crippen MR) is 64.6 cm³/mol. The number of hydrogen-bond donors (Lipinski definition) is 1. The lowest BCUT2D eigenvalue weighted by atomic mass is 10.1. The van der Waals surface area contributed by atoms with Gasteiger partial charge < -0.3 is 9.84 Å². The van der Waals surface area contributed by atoms with E-state index < -0.39 is 6.10 Å². The number of aliphatic hydroxyl groups excluding tert-OH is 1. The molecule has 0 fully saturated rings. The van der Waals surface area contributed by atoms with Gasteiger partial charge in [-0.15, -0.1) is 0 Å². The fourth-order valence-electron chi connectivity index (χ4n) is 1.58. The fourth-order valence-corrected chi connectivity index (χ4v) is 1.58. The van der Waals surface area contributed by atoms with Gasteiger partial charge in [0.15, 0.2) is 0 Å². The number of benzene rings is 1. The third kappa shape index (κ3) is 3.07. The van der Waals surface area contributed by atoms with E-state index in [9.17, 15) is 5.11 Å². The summed E-state index contributed by atoms with van der Waals surface area (Å²) in [7, 11) is 1.87. The first-order chi connectivity index (χ1) is 8.15. The highest BCUT2D eigenvalue weighted by molar-refractivity contribution is 5.29. The van der Waals surface area contributed by atoms with E-state index in [-0.39, 0.29) is 0 Å². The van der Waals surface area contributed by atoms with Crippen LogP contribution in [-0.2, 0) is 13.7 Å². The zero-order valence-electron chi connectivity index (χ0n) is 10.00. The van der Waals surface area contributed by atoms with Crippen LogP contribution in [0.4, 0.5) is 0 Å². The lowest BCUT2D eigenvalue weighted by Crippen LogP contribution is -1.96. The summed E-state index contributed by atoms with van der Waals surface area (Å²) in [6.07, 6.45) is 3.22. The monoisotopic (exact) mass is 232 g/mol. The van der Waals surface area contributed by atoms with Crippen LogP contribution in [0.3, 0.4) is 0 Å². The van der Waals surface area contributed by atoms with Gasteiger partial charge in [0.2, 0.25) is 0 Å². The highest BCUT2D eigenvalue weighted by Crippen LogP contribution is 2.19. The van der Waals surface area contributed by atoms with Gasteiger partial charge in [-0.3, -0.25) is 4.68 Å². The molecule has 0 saturated carbocycles. The van der Waals surface area contributed by atoms with Crippen LogP contribution in [0.2, 0.25) is 0 Å². The zero-order chi connectivity index (χ0) is 12.3. The summed E-state index contributed by atoms with van der Waals surface area (Å²) in [5.74, 6) is 0.757. The molecular weight excluding hydrogens is 216 g/mol. The summed E-state index contributed by atoms with van der Waals surface area (Å²) >= 11 is 0. The van der Waals surface area contributed by atoms with Crippen molar-refractivity contribution >= 4 is 0 Å². The van der Waals surface area contributed by atoms with Crippen molar-refractivity contribution in [1.82, 2.24) is 9.78 Å². The minimum atomic E-state index is -0.475. The third-order valence-corrected chi connectivity index (χ3v) is 2.50. The number of ether oxygens (including phenoxy) is 1. The largest absolute Gasteiger partial charge is 0.489 e. The van der Waals surface area contributed by atoms with Crippen LogP contribution in [0.1, 0.15) is 24.2 Å². The molecule has 1 aromatic heterocycles. The first-order valence-corrected chi connectivity index (χ1v) is 5.53. The van der Waals surface area contributed by atoms with Crippen LogP contribution in [0.25, 0.3) is 0 Å². The third-order valence-electron chi connectivity index (χ3n) is 2.50. The molecule has 0 aliphatic carbocycles. The first kappa shape index (κ1) is 11.7. The molecule has 0 amide bonds. The van der Waals surface area contributed by atoms with Crippen LogP contribution >= 0.6 is 0 Å². The number of aromatic nitrogens is 2.